The third-order valence-corrected chi connectivity index (χ3v) is 8.15. The lowest BCUT2D eigenvalue weighted by Gasteiger charge is -2.26. The van der Waals surface area contributed by atoms with Gasteiger partial charge in [-0.15, -0.1) is 0 Å². The molecule has 0 saturated carbocycles. The summed E-state index contributed by atoms with van der Waals surface area (Å²) >= 11 is 0. The van der Waals surface area contributed by atoms with Crippen molar-refractivity contribution in [2.75, 3.05) is 49.4 Å². The van der Waals surface area contributed by atoms with E-state index in [-0.39, 0.29) is 13.1 Å². The van der Waals surface area contributed by atoms with Gasteiger partial charge in [-0.3, -0.25) is 9.98 Å². The first-order valence-corrected chi connectivity index (χ1v) is 16.0. The maximum atomic E-state index is 13.3. The van der Waals surface area contributed by atoms with Crippen molar-refractivity contribution in [3.63, 3.8) is 0 Å². The first kappa shape index (κ1) is 32.2. The van der Waals surface area contributed by atoms with Gasteiger partial charge in [0.1, 0.15) is 24.8 Å². The molecular formula is C36H40N8O4. The van der Waals surface area contributed by atoms with Gasteiger partial charge in [-0.1, -0.05) is 24.3 Å². The Morgan fingerprint density at radius 2 is 1.02 bits per heavy atom. The Morgan fingerprint density at radius 1 is 0.646 bits per heavy atom. The third kappa shape index (κ3) is 7.12. The van der Waals surface area contributed by atoms with E-state index >= 15 is 0 Å². The molecule has 2 aliphatic heterocycles. The van der Waals surface area contributed by atoms with Gasteiger partial charge < -0.3 is 29.4 Å². The molecule has 2 aromatic carbocycles. The predicted octanol–water partition coefficient (Wildman–Crippen LogP) is 4.29. The number of rotatable bonds is 12. The molecule has 248 valence electrons. The Morgan fingerprint density at radius 3 is 1.38 bits per heavy atom. The molecule has 2 N–H and O–H groups in total. The van der Waals surface area contributed by atoms with E-state index in [1.54, 1.807) is 0 Å². The van der Waals surface area contributed by atoms with Gasteiger partial charge in [-0.05, 0) is 76.2 Å². The van der Waals surface area contributed by atoms with Crippen LogP contribution in [0, 0.1) is 27.7 Å². The number of aryl methyl sites for hydroxylation is 4. The molecule has 0 fully saturated rings. The van der Waals surface area contributed by atoms with Crippen LogP contribution in [0.5, 0.6) is 0 Å². The number of anilines is 2. The standard InChI is InChI=1S/C36H40N8O4/c1-25-13-14-26(2)43(25)31-11-7-5-9-29(31)41(23-33-37-19-20-38-33)47-35(45)17-18-36(46)48-42(24-34-39-21-22-40-34)30-10-6-8-12-32(30)44-27(3)15-16-28(44)4/h5-18H,19-24H2,1-4H3,(H,37,38)(H,39,40)/b18-17+. The van der Waals surface area contributed by atoms with Crippen LogP contribution in [-0.4, -0.2) is 72.0 Å². The average Bonchev–Trinajstić information content (AvgIpc) is 3.90. The van der Waals surface area contributed by atoms with Gasteiger partial charge in [-0.2, -0.15) is 10.1 Å². The summed E-state index contributed by atoms with van der Waals surface area (Å²) < 4.78 is 4.19. The normalized spacial score (nSPS) is 13.9. The fourth-order valence-electron chi connectivity index (χ4n) is 5.95. The van der Waals surface area contributed by atoms with Crippen LogP contribution in [0.15, 0.2) is 94.9 Å². The van der Waals surface area contributed by atoms with Gasteiger partial charge >= 0.3 is 11.9 Å². The van der Waals surface area contributed by atoms with Gasteiger partial charge in [-0.25, -0.2) is 9.59 Å². The molecule has 0 bridgehead atoms. The lowest BCUT2D eigenvalue weighted by molar-refractivity contribution is -0.141. The van der Waals surface area contributed by atoms with Crippen molar-refractivity contribution < 1.29 is 19.3 Å². The fraction of sp³-hybridized carbons (Fsp3) is 0.278. The summed E-state index contributed by atoms with van der Waals surface area (Å²) in [5.41, 5.74) is 7.19. The Hall–Kier alpha value is -5.78. The summed E-state index contributed by atoms with van der Waals surface area (Å²) in [6, 6.07) is 23.5. The summed E-state index contributed by atoms with van der Waals surface area (Å²) in [5.74, 6) is -0.0805. The molecule has 0 atom stereocenters. The number of hydroxylamine groups is 2. The number of nitrogens with zero attached hydrogens (tertiary/aromatic N) is 6. The number of nitrogens with one attached hydrogen (secondary N) is 2. The average molecular weight is 649 g/mol. The SMILES string of the molecule is Cc1ccc(C)n1-c1ccccc1N(CC1=NCCN1)OC(=O)/C=C/C(=O)ON(CC1=NCCN1)c1ccccc1-n1c(C)ccc1C. The first-order valence-electron chi connectivity index (χ1n) is 16.0. The minimum absolute atomic E-state index is 0.207. The van der Waals surface area contributed by atoms with Crippen molar-refractivity contribution in [3.05, 3.63) is 108 Å². The van der Waals surface area contributed by atoms with Crippen LogP contribution in [0.3, 0.4) is 0 Å². The third-order valence-electron chi connectivity index (χ3n) is 8.15. The quantitative estimate of drug-likeness (QED) is 0.173. The molecule has 0 spiro atoms. The summed E-state index contributed by atoms with van der Waals surface area (Å²) in [6.45, 7) is 11.2. The van der Waals surface area contributed by atoms with Gasteiger partial charge in [0.15, 0.2) is 0 Å². The number of amidine groups is 2. The smallest absolute Gasteiger partial charge is 0.356 e. The minimum atomic E-state index is -0.742. The van der Waals surface area contributed by atoms with Crippen LogP contribution in [0.4, 0.5) is 11.4 Å². The number of para-hydroxylation sites is 4. The van der Waals surface area contributed by atoms with Crippen molar-refractivity contribution in [2.45, 2.75) is 27.7 Å². The molecule has 0 aliphatic carbocycles. The van der Waals surface area contributed by atoms with Crippen molar-refractivity contribution >= 4 is 35.0 Å². The van der Waals surface area contributed by atoms with E-state index in [2.05, 4.69) is 29.8 Å². The highest BCUT2D eigenvalue weighted by molar-refractivity contribution is 5.94. The lowest BCUT2D eigenvalue weighted by Crippen LogP contribution is -2.37. The molecule has 0 unspecified atom stereocenters. The second-order valence-corrected chi connectivity index (χ2v) is 11.6. The number of carbonyl (C=O) groups is 2. The van der Waals surface area contributed by atoms with Crippen molar-refractivity contribution in [1.29, 1.82) is 0 Å². The Bertz CT molecular complexity index is 1730. The maximum Gasteiger partial charge on any atom is 0.356 e. The predicted molar refractivity (Wildman–Crippen MR) is 187 cm³/mol. The van der Waals surface area contributed by atoms with Crippen molar-refractivity contribution in [2.24, 2.45) is 9.98 Å². The first-order chi connectivity index (χ1) is 23.3. The number of carbonyl (C=O) groups excluding carboxylic acids is 2. The number of benzene rings is 2. The van der Waals surface area contributed by atoms with Crippen LogP contribution in [-0.2, 0) is 19.3 Å². The Balaban J connectivity index is 1.23. The molecule has 0 amide bonds. The second-order valence-electron chi connectivity index (χ2n) is 11.6. The summed E-state index contributed by atoms with van der Waals surface area (Å²) in [4.78, 5) is 47.3. The molecule has 4 heterocycles. The van der Waals surface area contributed by atoms with E-state index in [1.807, 2.05) is 100 Å². The van der Waals surface area contributed by atoms with Crippen LogP contribution in [0.2, 0.25) is 0 Å². The number of aliphatic imine (C=N–C) groups is 2. The molecule has 0 saturated heterocycles. The molecule has 48 heavy (non-hydrogen) atoms. The van der Waals surface area contributed by atoms with E-state index in [4.69, 9.17) is 9.68 Å². The lowest BCUT2D eigenvalue weighted by atomic mass is 10.2. The molecule has 0 radical (unpaired) electrons. The van der Waals surface area contributed by atoms with E-state index in [1.165, 1.54) is 10.1 Å². The van der Waals surface area contributed by atoms with Gasteiger partial charge in [0, 0.05) is 48.0 Å². The van der Waals surface area contributed by atoms with E-state index < -0.39 is 11.9 Å². The largest absolute Gasteiger partial charge is 0.370 e. The highest BCUT2D eigenvalue weighted by Crippen LogP contribution is 2.29. The van der Waals surface area contributed by atoms with Crippen LogP contribution < -0.4 is 20.8 Å². The van der Waals surface area contributed by atoms with E-state index in [0.29, 0.717) is 49.2 Å². The molecule has 2 aliphatic rings. The zero-order chi connectivity index (χ0) is 33.6. The topological polar surface area (TPSA) is 118 Å². The van der Waals surface area contributed by atoms with Crippen LogP contribution >= 0.6 is 0 Å². The highest BCUT2D eigenvalue weighted by atomic mass is 16.7. The Kier molecular flexibility index (Phi) is 9.60. The highest BCUT2D eigenvalue weighted by Gasteiger charge is 2.23. The van der Waals surface area contributed by atoms with Gasteiger partial charge in [0.25, 0.3) is 0 Å². The molecule has 12 heteroatoms. The molecular weight excluding hydrogens is 608 g/mol. The monoisotopic (exact) mass is 648 g/mol. The fourth-order valence-corrected chi connectivity index (χ4v) is 5.95. The van der Waals surface area contributed by atoms with Crippen molar-refractivity contribution in [3.8, 4) is 11.4 Å². The van der Waals surface area contributed by atoms with E-state index in [0.717, 1.165) is 46.3 Å². The summed E-state index contributed by atoms with van der Waals surface area (Å²) in [6.07, 6.45) is 2.15. The molecule has 4 aromatic rings. The summed E-state index contributed by atoms with van der Waals surface area (Å²) in [7, 11) is 0. The second kappa shape index (κ2) is 14.3. The zero-order valence-corrected chi connectivity index (χ0v) is 27.6. The zero-order valence-electron chi connectivity index (χ0n) is 27.6. The maximum absolute atomic E-state index is 13.3. The molecule has 12 nitrogen and oxygen atoms in total. The van der Waals surface area contributed by atoms with Gasteiger partial charge in [0.05, 0.1) is 35.8 Å². The molecule has 2 aromatic heterocycles. The Labute approximate surface area is 279 Å². The minimum Gasteiger partial charge on any atom is -0.370 e. The summed E-state index contributed by atoms with van der Waals surface area (Å²) in [5, 5.41) is 9.48. The van der Waals surface area contributed by atoms with E-state index in [9.17, 15) is 9.59 Å². The number of hydrogen-bond acceptors (Lipinski definition) is 10. The van der Waals surface area contributed by atoms with Crippen LogP contribution in [0.25, 0.3) is 11.4 Å². The number of hydrogen-bond donors (Lipinski definition) is 2. The van der Waals surface area contributed by atoms with Gasteiger partial charge in [0.2, 0.25) is 0 Å². The molecule has 6 rings (SSSR count). The van der Waals surface area contributed by atoms with Crippen molar-refractivity contribution in [1.82, 2.24) is 19.8 Å². The van der Waals surface area contributed by atoms with Crippen LogP contribution in [0.1, 0.15) is 22.8 Å². The number of aromatic nitrogens is 2.